The maximum absolute atomic E-state index is 11.3. The highest BCUT2D eigenvalue weighted by Crippen LogP contribution is 1.99. The molecule has 0 rings (SSSR count). The van der Waals surface area contributed by atoms with Crippen molar-refractivity contribution in [3.8, 4) is 0 Å². The SMILES string of the molecule is CN(C)C(=O)CC(CN)N(C)C. The van der Waals surface area contributed by atoms with Gasteiger partial charge < -0.3 is 15.5 Å². The van der Waals surface area contributed by atoms with Gasteiger partial charge in [-0.05, 0) is 14.1 Å². The Morgan fingerprint density at radius 3 is 2.08 bits per heavy atom. The van der Waals surface area contributed by atoms with Gasteiger partial charge in [-0.3, -0.25) is 4.79 Å². The molecule has 0 aliphatic carbocycles. The normalized spacial score (nSPS) is 13.2. The van der Waals surface area contributed by atoms with Gasteiger partial charge in [0.15, 0.2) is 0 Å². The maximum atomic E-state index is 11.3. The summed E-state index contributed by atoms with van der Waals surface area (Å²) in [7, 11) is 7.37. The molecule has 2 N–H and O–H groups in total. The van der Waals surface area contributed by atoms with E-state index in [1.165, 1.54) is 0 Å². The predicted octanol–water partition coefficient (Wildman–Crippen LogP) is -0.646. The van der Waals surface area contributed by atoms with Gasteiger partial charge in [0.25, 0.3) is 0 Å². The molecular weight excluding hydrogens is 154 g/mol. The Morgan fingerprint density at radius 1 is 1.33 bits per heavy atom. The first-order chi connectivity index (χ1) is 5.49. The number of likely N-dealkylation sites (N-methyl/N-ethyl adjacent to an activating group) is 1. The number of carbonyl (C=O) groups is 1. The molecule has 0 bridgehead atoms. The van der Waals surface area contributed by atoms with Gasteiger partial charge in [-0.1, -0.05) is 0 Å². The number of amides is 1. The van der Waals surface area contributed by atoms with Crippen molar-refractivity contribution in [1.29, 1.82) is 0 Å². The summed E-state index contributed by atoms with van der Waals surface area (Å²) in [6, 6.07) is 0.153. The molecule has 1 amide bonds. The number of hydrogen-bond acceptors (Lipinski definition) is 3. The van der Waals surface area contributed by atoms with E-state index in [-0.39, 0.29) is 11.9 Å². The van der Waals surface area contributed by atoms with E-state index in [2.05, 4.69) is 0 Å². The molecule has 1 unspecified atom stereocenters. The second kappa shape index (κ2) is 5.11. The van der Waals surface area contributed by atoms with E-state index in [9.17, 15) is 4.79 Å². The van der Waals surface area contributed by atoms with Crippen molar-refractivity contribution in [1.82, 2.24) is 9.80 Å². The van der Waals surface area contributed by atoms with Crippen LogP contribution in [0.3, 0.4) is 0 Å². The number of carbonyl (C=O) groups excluding carboxylic acids is 1. The Balaban J connectivity index is 3.94. The minimum absolute atomic E-state index is 0.124. The summed E-state index contributed by atoms with van der Waals surface area (Å²) in [6.07, 6.45) is 0.497. The van der Waals surface area contributed by atoms with Crippen LogP contribution in [0.1, 0.15) is 6.42 Å². The van der Waals surface area contributed by atoms with Gasteiger partial charge in [0.1, 0.15) is 0 Å². The van der Waals surface area contributed by atoms with Crippen LogP contribution in [-0.4, -0.2) is 56.5 Å². The minimum Gasteiger partial charge on any atom is -0.349 e. The van der Waals surface area contributed by atoms with Gasteiger partial charge in [-0.25, -0.2) is 0 Å². The summed E-state index contributed by atoms with van der Waals surface area (Å²) >= 11 is 0. The van der Waals surface area contributed by atoms with Crippen molar-refractivity contribution < 1.29 is 4.79 Å². The Kier molecular flexibility index (Phi) is 4.85. The summed E-state index contributed by atoms with van der Waals surface area (Å²) in [5.74, 6) is 0.124. The molecule has 0 aliphatic rings. The molecule has 0 fully saturated rings. The van der Waals surface area contributed by atoms with Gasteiger partial charge in [0.2, 0.25) is 5.91 Å². The monoisotopic (exact) mass is 173 g/mol. The Labute approximate surface area is 74.3 Å². The van der Waals surface area contributed by atoms with Crippen molar-refractivity contribution in [3.05, 3.63) is 0 Å². The number of nitrogens with two attached hydrogens (primary N) is 1. The number of rotatable bonds is 4. The molecule has 0 aromatic rings. The van der Waals surface area contributed by atoms with E-state index < -0.39 is 0 Å². The molecule has 0 aromatic heterocycles. The van der Waals surface area contributed by atoms with Gasteiger partial charge in [-0.2, -0.15) is 0 Å². The smallest absolute Gasteiger partial charge is 0.223 e. The van der Waals surface area contributed by atoms with E-state index in [4.69, 9.17) is 5.73 Å². The fourth-order valence-electron chi connectivity index (χ4n) is 0.861. The van der Waals surface area contributed by atoms with E-state index in [0.717, 1.165) is 0 Å². The van der Waals surface area contributed by atoms with Crippen molar-refractivity contribution in [2.45, 2.75) is 12.5 Å². The van der Waals surface area contributed by atoms with E-state index in [1.54, 1.807) is 19.0 Å². The number of nitrogens with zero attached hydrogens (tertiary/aromatic N) is 2. The molecule has 12 heavy (non-hydrogen) atoms. The molecule has 1 atom stereocenters. The average molecular weight is 173 g/mol. The molecule has 0 saturated heterocycles. The lowest BCUT2D eigenvalue weighted by Gasteiger charge is -2.23. The summed E-state index contributed by atoms with van der Waals surface area (Å²) < 4.78 is 0. The molecule has 0 aromatic carbocycles. The molecule has 4 heteroatoms. The maximum Gasteiger partial charge on any atom is 0.223 e. The molecule has 4 nitrogen and oxygen atoms in total. The topological polar surface area (TPSA) is 49.6 Å². The summed E-state index contributed by atoms with van der Waals surface area (Å²) in [4.78, 5) is 14.8. The zero-order valence-electron chi connectivity index (χ0n) is 8.37. The molecular formula is C8H19N3O. The first-order valence-electron chi connectivity index (χ1n) is 4.05. The third-order valence-electron chi connectivity index (χ3n) is 1.91. The highest BCUT2D eigenvalue weighted by Gasteiger charge is 2.14. The van der Waals surface area contributed by atoms with Gasteiger partial charge in [-0.15, -0.1) is 0 Å². The lowest BCUT2D eigenvalue weighted by Crippen LogP contribution is -2.39. The standard InChI is InChI=1S/C8H19N3O/c1-10(2)7(6-9)5-8(12)11(3)4/h7H,5-6,9H2,1-4H3. The summed E-state index contributed by atoms with van der Waals surface area (Å²) in [5, 5.41) is 0. The van der Waals surface area contributed by atoms with E-state index in [0.29, 0.717) is 13.0 Å². The van der Waals surface area contributed by atoms with Crippen LogP contribution >= 0.6 is 0 Å². The second-order valence-electron chi connectivity index (χ2n) is 3.35. The fraction of sp³-hybridized carbons (Fsp3) is 0.875. The fourth-order valence-corrected chi connectivity index (χ4v) is 0.861. The largest absolute Gasteiger partial charge is 0.349 e. The van der Waals surface area contributed by atoms with Crippen LogP contribution in [0, 0.1) is 0 Å². The predicted molar refractivity (Wildman–Crippen MR) is 49.8 cm³/mol. The zero-order chi connectivity index (χ0) is 9.72. The highest BCUT2D eigenvalue weighted by atomic mass is 16.2. The first kappa shape index (κ1) is 11.4. The first-order valence-corrected chi connectivity index (χ1v) is 4.05. The van der Waals surface area contributed by atoms with Crippen LogP contribution in [0.2, 0.25) is 0 Å². The molecule has 0 radical (unpaired) electrons. The Bertz CT molecular complexity index is 145. The van der Waals surface area contributed by atoms with Crippen LogP contribution in [0.5, 0.6) is 0 Å². The quantitative estimate of drug-likeness (QED) is 0.615. The third kappa shape index (κ3) is 3.69. The van der Waals surface area contributed by atoms with Crippen LogP contribution in [0.25, 0.3) is 0 Å². The summed E-state index contributed by atoms with van der Waals surface area (Å²) in [5.41, 5.74) is 5.51. The highest BCUT2D eigenvalue weighted by molar-refractivity contribution is 5.76. The van der Waals surface area contributed by atoms with Crippen LogP contribution < -0.4 is 5.73 Å². The molecule has 0 aliphatic heterocycles. The van der Waals surface area contributed by atoms with Crippen LogP contribution in [0.4, 0.5) is 0 Å². The Hall–Kier alpha value is -0.610. The van der Waals surface area contributed by atoms with Gasteiger partial charge in [0.05, 0.1) is 0 Å². The molecule has 0 spiro atoms. The zero-order valence-corrected chi connectivity index (χ0v) is 8.37. The van der Waals surface area contributed by atoms with Crippen molar-refractivity contribution >= 4 is 5.91 Å². The van der Waals surface area contributed by atoms with Crippen LogP contribution in [0.15, 0.2) is 0 Å². The Morgan fingerprint density at radius 2 is 1.83 bits per heavy atom. The lowest BCUT2D eigenvalue weighted by atomic mass is 10.2. The second-order valence-corrected chi connectivity index (χ2v) is 3.35. The van der Waals surface area contributed by atoms with Crippen molar-refractivity contribution in [2.75, 3.05) is 34.7 Å². The van der Waals surface area contributed by atoms with E-state index in [1.807, 2.05) is 19.0 Å². The number of hydrogen-bond donors (Lipinski definition) is 1. The molecule has 72 valence electrons. The van der Waals surface area contributed by atoms with E-state index >= 15 is 0 Å². The molecule has 0 saturated carbocycles. The lowest BCUT2D eigenvalue weighted by molar-refractivity contribution is -0.129. The van der Waals surface area contributed by atoms with Crippen molar-refractivity contribution in [2.24, 2.45) is 5.73 Å². The van der Waals surface area contributed by atoms with Gasteiger partial charge >= 0.3 is 0 Å². The molecule has 0 heterocycles. The third-order valence-corrected chi connectivity index (χ3v) is 1.91. The minimum atomic E-state index is 0.124. The average Bonchev–Trinajstić information content (AvgIpc) is 1.98. The van der Waals surface area contributed by atoms with Gasteiger partial charge in [0, 0.05) is 33.1 Å². The van der Waals surface area contributed by atoms with Crippen LogP contribution in [-0.2, 0) is 4.79 Å². The van der Waals surface area contributed by atoms with Crippen molar-refractivity contribution in [3.63, 3.8) is 0 Å². The summed E-state index contributed by atoms with van der Waals surface area (Å²) in [6.45, 7) is 0.520.